The zero-order chi connectivity index (χ0) is 15.2. The van der Waals surface area contributed by atoms with Gasteiger partial charge in [0.15, 0.2) is 0 Å². The Kier molecular flexibility index (Phi) is 6.25. The standard InChI is InChI=1S/C13H15BrN2O3S2/c14-8-1-2-11(10(5-8)12(17)18)16-13(19)15-6-9-7-20-3-4-21-9/h1-2,5,9H,3-4,6-7H2,(H,17,18)(H2,15,16,19). The smallest absolute Gasteiger partial charge is 0.337 e. The average Bonchev–Trinajstić information content (AvgIpc) is 2.48. The lowest BCUT2D eigenvalue weighted by Crippen LogP contribution is -2.36. The van der Waals surface area contributed by atoms with Crippen molar-refractivity contribution in [2.45, 2.75) is 5.25 Å². The average molecular weight is 391 g/mol. The first-order valence-electron chi connectivity index (χ1n) is 6.33. The molecule has 114 valence electrons. The van der Waals surface area contributed by atoms with Gasteiger partial charge >= 0.3 is 12.0 Å². The van der Waals surface area contributed by atoms with Crippen LogP contribution in [0.15, 0.2) is 22.7 Å². The van der Waals surface area contributed by atoms with Crippen LogP contribution in [0, 0.1) is 0 Å². The van der Waals surface area contributed by atoms with Gasteiger partial charge in [0.05, 0.1) is 11.3 Å². The van der Waals surface area contributed by atoms with Crippen LogP contribution in [0.5, 0.6) is 0 Å². The van der Waals surface area contributed by atoms with Crippen LogP contribution in [0.25, 0.3) is 0 Å². The second-order valence-electron chi connectivity index (χ2n) is 4.40. The molecule has 3 N–H and O–H groups in total. The Labute approximate surface area is 139 Å². The maximum atomic E-state index is 11.9. The normalized spacial score (nSPS) is 18.0. The van der Waals surface area contributed by atoms with Crippen LogP contribution in [0.2, 0.25) is 0 Å². The summed E-state index contributed by atoms with van der Waals surface area (Å²) in [5.74, 6) is 2.22. The number of carbonyl (C=O) groups excluding carboxylic acids is 1. The van der Waals surface area contributed by atoms with Crippen molar-refractivity contribution in [2.75, 3.05) is 29.1 Å². The number of thioether (sulfide) groups is 2. The number of hydrogen-bond acceptors (Lipinski definition) is 4. The van der Waals surface area contributed by atoms with Crippen molar-refractivity contribution in [2.24, 2.45) is 0 Å². The molecule has 1 aliphatic rings. The molecule has 8 heteroatoms. The highest BCUT2D eigenvalue weighted by Crippen LogP contribution is 2.23. The molecule has 5 nitrogen and oxygen atoms in total. The van der Waals surface area contributed by atoms with E-state index >= 15 is 0 Å². The molecule has 1 fully saturated rings. The van der Waals surface area contributed by atoms with E-state index < -0.39 is 5.97 Å². The summed E-state index contributed by atoms with van der Waals surface area (Å²) in [5.41, 5.74) is 0.344. The van der Waals surface area contributed by atoms with Crippen LogP contribution in [-0.4, -0.2) is 46.2 Å². The maximum Gasteiger partial charge on any atom is 0.337 e. The van der Waals surface area contributed by atoms with Crippen molar-refractivity contribution in [3.05, 3.63) is 28.2 Å². The third-order valence-corrected chi connectivity index (χ3v) is 6.17. The zero-order valence-corrected chi connectivity index (χ0v) is 14.3. The second-order valence-corrected chi connectivity index (χ2v) is 7.87. The summed E-state index contributed by atoms with van der Waals surface area (Å²) in [6.07, 6.45) is 0. The number of aromatic carboxylic acids is 1. The number of halogens is 1. The molecule has 1 unspecified atom stereocenters. The van der Waals surface area contributed by atoms with Gasteiger partial charge in [-0.05, 0) is 18.2 Å². The molecule has 0 aromatic heterocycles. The van der Waals surface area contributed by atoms with Gasteiger partial charge in [-0.15, -0.1) is 0 Å². The van der Waals surface area contributed by atoms with Gasteiger partial charge in [0.1, 0.15) is 0 Å². The van der Waals surface area contributed by atoms with Crippen molar-refractivity contribution < 1.29 is 14.7 Å². The van der Waals surface area contributed by atoms with Gasteiger partial charge < -0.3 is 15.7 Å². The molecule has 0 saturated carbocycles. The third-order valence-electron chi connectivity index (χ3n) is 2.84. The molecule has 1 aromatic rings. The van der Waals surface area contributed by atoms with E-state index in [0.717, 1.165) is 17.3 Å². The molecule has 2 amide bonds. The summed E-state index contributed by atoms with van der Waals surface area (Å²) in [5, 5.41) is 14.9. The fourth-order valence-electron chi connectivity index (χ4n) is 1.83. The summed E-state index contributed by atoms with van der Waals surface area (Å²) in [6, 6.07) is 4.34. The number of carboxylic acids is 1. The number of nitrogens with one attached hydrogen (secondary N) is 2. The van der Waals surface area contributed by atoms with Crippen LogP contribution >= 0.6 is 39.5 Å². The van der Waals surface area contributed by atoms with E-state index in [0.29, 0.717) is 16.3 Å². The van der Waals surface area contributed by atoms with Gasteiger partial charge in [-0.2, -0.15) is 23.5 Å². The van der Waals surface area contributed by atoms with Crippen molar-refractivity contribution in [1.29, 1.82) is 0 Å². The monoisotopic (exact) mass is 390 g/mol. The highest BCUT2D eigenvalue weighted by atomic mass is 79.9. The van der Waals surface area contributed by atoms with Crippen LogP contribution < -0.4 is 10.6 Å². The summed E-state index contributed by atoms with van der Waals surface area (Å²) >= 11 is 6.97. The predicted octanol–water partition coefficient (Wildman–Crippen LogP) is 3.12. The van der Waals surface area contributed by atoms with Crippen LogP contribution in [-0.2, 0) is 0 Å². The molecule has 1 aliphatic heterocycles. The predicted molar refractivity (Wildman–Crippen MR) is 91.7 cm³/mol. The van der Waals surface area contributed by atoms with E-state index in [1.807, 2.05) is 23.5 Å². The van der Waals surface area contributed by atoms with E-state index in [1.54, 1.807) is 12.1 Å². The summed E-state index contributed by atoms with van der Waals surface area (Å²) in [6.45, 7) is 0.586. The number of carboxylic acid groups (broad SMARTS) is 1. The summed E-state index contributed by atoms with van der Waals surface area (Å²) in [7, 11) is 0. The van der Waals surface area contributed by atoms with Crippen LogP contribution in [0.3, 0.4) is 0 Å². The number of amides is 2. The van der Waals surface area contributed by atoms with Gasteiger partial charge in [0, 0.05) is 33.5 Å². The number of carbonyl (C=O) groups is 2. The minimum Gasteiger partial charge on any atom is -0.478 e. The Bertz CT molecular complexity index is 536. The van der Waals surface area contributed by atoms with Gasteiger partial charge in [-0.3, -0.25) is 0 Å². The Morgan fingerprint density at radius 1 is 1.38 bits per heavy atom. The minimum atomic E-state index is -1.08. The van der Waals surface area contributed by atoms with Crippen molar-refractivity contribution in [1.82, 2.24) is 5.32 Å². The van der Waals surface area contributed by atoms with E-state index in [4.69, 9.17) is 5.11 Å². The van der Waals surface area contributed by atoms with Gasteiger partial charge in [-0.25, -0.2) is 9.59 Å². The summed E-state index contributed by atoms with van der Waals surface area (Å²) < 4.78 is 0.654. The van der Waals surface area contributed by atoms with E-state index in [1.165, 1.54) is 6.07 Å². The van der Waals surface area contributed by atoms with Crippen molar-refractivity contribution >= 4 is 57.1 Å². The molecule has 21 heavy (non-hydrogen) atoms. The lowest BCUT2D eigenvalue weighted by molar-refractivity contribution is 0.0698. The quantitative estimate of drug-likeness (QED) is 0.735. The summed E-state index contributed by atoms with van der Waals surface area (Å²) in [4.78, 5) is 23.0. The minimum absolute atomic E-state index is 0.0575. The van der Waals surface area contributed by atoms with E-state index in [2.05, 4.69) is 26.6 Å². The number of rotatable bonds is 4. The van der Waals surface area contributed by atoms with Gasteiger partial charge in [0.25, 0.3) is 0 Å². The maximum absolute atomic E-state index is 11.9. The molecule has 0 spiro atoms. The third kappa shape index (κ3) is 5.12. The first kappa shape index (κ1) is 16.5. The fraction of sp³-hybridized carbons (Fsp3) is 0.385. The Hall–Kier alpha value is -0.860. The lowest BCUT2D eigenvalue weighted by Gasteiger charge is -2.21. The largest absolute Gasteiger partial charge is 0.478 e. The number of benzene rings is 1. The Balaban J connectivity index is 1.91. The Morgan fingerprint density at radius 3 is 2.86 bits per heavy atom. The van der Waals surface area contributed by atoms with Crippen molar-refractivity contribution in [3.8, 4) is 0 Å². The fourth-order valence-corrected chi connectivity index (χ4v) is 4.80. The van der Waals surface area contributed by atoms with Crippen LogP contribution in [0.1, 0.15) is 10.4 Å². The second kappa shape index (κ2) is 7.95. The Morgan fingerprint density at radius 2 is 2.19 bits per heavy atom. The van der Waals surface area contributed by atoms with Crippen molar-refractivity contribution in [3.63, 3.8) is 0 Å². The van der Waals surface area contributed by atoms with E-state index in [-0.39, 0.29) is 17.3 Å². The molecular weight excluding hydrogens is 376 g/mol. The molecule has 2 rings (SSSR count). The topological polar surface area (TPSA) is 78.4 Å². The SMILES string of the molecule is O=C(NCC1CSCCS1)Nc1ccc(Br)cc1C(=O)O. The number of anilines is 1. The molecule has 0 radical (unpaired) electrons. The van der Waals surface area contributed by atoms with E-state index in [9.17, 15) is 9.59 Å². The molecule has 1 aromatic carbocycles. The lowest BCUT2D eigenvalue weighted by atomic mass is 10.2. The zero-order valence-electron chi connectivity index (χ0n) is 11.1. The van der Waals surface area contributed by atoms with Crippen LogP contribution in [0.4, 0.5) is 10.5 Å². The molecule has 1 heterocycles. The first-order valence-corrected chi connectivity index (χ1v) is 9.33. The highest BCUT2D eigenvalue weighted by molar-refractivity contribution is 9.10. The molecule has 0 bridgehead atoms. The molecule has 1 saturated heterocycles. The van der Waals surface area contributed by atoms with Gasteiger partial charge in [-0.1, -0.05) is 15.9 Å². The number of urea groups is 1. The van der Waals surface area contributed by atoms with Gasteiger partial charge in [0.2, 0.25) is 0 Å². The molecule has 0 aliphatic carbocycles. The highest BCUT2D eigenvalue weighted by Gasteiger charge is 2.16. The number of hydrogen-bond donors (Lipinski definition) is 3. The molecular formula is C13H15BrN2O3S2. The molecule has 1 atom stereocenters. The first-order chi connectivity index (χ1) is 10.1.